The minimum absolute atomic E-state index is 0.568. The molecule has 68 valence electrons. The maximum absolute atomic E-state index is 5.58. The molecular formula is C8H14BrN3. The third-order valence-electron chi connectivity index (χ3n) is 1.94. The topological polar surface area (TPSA) is 43.8 Å². The van der Waals surface area contributed by atoms with Crippen molar-refractivity contribution in [2.75, 3.05) is 5.73 Å². The molecule has 0 aliphatic heterocycles. The van der Waals surface area contributed by atoms with E-state index in [1.165, 1.54) is 0 Å². The van der Waals surface area contributed by atoms with Crippen LogP contribution >= 0.6 is 15.9 Å². The van der Waals surface area contributed by atoms with Crippen molar-refractivity contribution in [3.8, 4) is 0 Å². The predicted octanol–water partition coefficient (Wildman–Crippen LogP) is 2.27. The summed E-state index contributed by atoms with van der Waals surface area (Å²) in [5.41, 5.74) is 5.58. The normalized spacial score (nSPS) is 13.2. The molecule has 0 aliphatic rings. The van der Waals surface area contributed by atoms with Crippen molar-refractivity contribution < 1.29 is 0 Å². The number of nitrogens with zero attached hydrogens (tertiary/aromatic N) is 2. The van der Waals surface area contributed by atoms with E-state index in [9.17, 15) is 0 Å². The third kappa shape index (κ3) is 2.24. The Balaban J connectivity index is 2.64. The molecule has 1 rings (SSSR count). The molecule has 3 nitrogen and oxygen atoms in total. The SMILES string of the molecule is CCC(C)Cn1cc(Br)c(N)n1. The quantitative estimate of drug-likeness (QED) is 0.868. The summed E-state index contributed by atoms with van der Waals surface area (Å²) in [4.78, 5) is 0. The fourth-order valence-electron chi connectivity index (χ4n) is 0.954. The van der Waals surface area contributed by atoms with E-state index in [4.69, 9.17) is 5.73 Å². The van der Waals surface area contributed by atoms with Crippen LogP contribution in [0.5, 0.6) is 0 Å². The number of aromatic nitrogens is 2. The number of halogens is 1. The molecule has 0 radical (unpaired) electrons. The van der Waals surface area contributed by atoms with Crippen molar-refractivity contribution >= 4 is 21.7 Å². The lowest BCUT2D eigenvalue weighted by Crippen LogP contribution is -2.07. The second-order valence-corrected chi connectivity index (χ2v) is 3.95. The highest BCUT2D eigenvalue weighted by atomic mass is 79.9. The molecule has 1 atom stereocenters. The van der Waals surface area contributed by atoms with E-state index in [0.717, 1.165) is 17.4 Å². The summed E-state index contributed by atoms with van der Waals surface area (Å²) < 4.78 is 2.76. The minimum Gasteiger partial charge on any atom is -0.381 e. The Hall–Kier alpha value is -0.510. The van der Waals surface area contributed by atoms with Crippen LogP contribution < -0.4 is 5.73 Å². The molecule has 0 spiro atoms. The predicted molar refractivity (Wildman–Crippen MR) is 53.8 cm³/mol. The lowest BCUT2D eigenvalue weighted by Gasteiger charge is -2.06. The minimum atomic E-state index is 0.568. The van der Waals surface area contributed by atoms with Crippen LogP contribution in [0, 0.1) is 5.92 Å². The molecule has 1 aromatic heterocycles. The molecule has 0 bridgehead atoms. The van der Waals surface area contributed by atoms with Crippen LogP contribution in [0.3, 0.4) is 0 Å². The Labute approximate surface area is 81.1 Å². The fourth-order valence-corrected chi connectivity index (χ4v) is 1.27. The van der Waals surface area contributed by atoms with Crippen LogP contribution in [0.15, 0.2) is 10.7 Å². The Bertz CT molecular complexity index is 237. The molecule has 1 aromatic rings. The fraction of sp³-hybridized carbons (Fsp3) is 0.625. The zero-order valence-electron chi connectivity index (χ0n) is 7.42. The van der Waals surface area contributed by atoms with Gasteiger partial charge in [-0.25, -0.2) is 0 Å². The third-order valence-corrected chi connectivity index (χ3v) is 2.55. The van der Waals surface area contributed by atoms with Gasteiger partial charge in [-0.05, 0) is 21.8 Å². The van der Waals surface area contributed by atoms with Crippen LogP contribution in [0.1, 0.15) is 20.3 Å². The van der Waals surface area contributed by atoms with E-state index in [1.807, 2.05) is 10.9 Å². The summed E-state index contributed by atoms with van der Waals surface area (Å²) in [6, 6.07) is 0. The molecule has 12 heavy (non-hydrogen) atoms. The highest BCUT2D eigenvalue weighted by molar-refractivity contribution is 9.10. The van der Waals surface area contributed by atoms with Gasteiger partial charge < -0.3 is 5.73 Å². The maximum Gasteiger partial charge on any atom is 0.159 e. The van der Waals surface area contributed by atoms with Crippen molar-refractivity contribution in [2.45, 2.75) is 26.8 Å². The Morgan fingerprint density at radius 3 is 2.83 bits per heavy atom. The van der Waals surface area contributed by atoms with Crippen molar-refractivity contribution in [1.82, 2.24) is 9.78 Å². The standard InChI is InChI=1S/C8H14BrN3/c1-3-6(2)4-12-5-7(9)8(10)11-12/h5-6H,3-4H2,1-2H3,(H2,10,11). The van der Waals surface area contributed by atoms with Gasteiger partial charge in [-0.2, -0.15) is 5.10 Å². The van der Waals surface area contributed by atoms with Gasteiger partial charge in [-0.15, -0.1) is 0 Å². The lowest BCUT2D eigenvalue weighted by atomic mass is 10.1. The lowest BCUT2D eigenvalue weighted by molar-refractivity contribution is 0.440. The Morgan fingerprint density at radius 1 is 1.75 bits per heavy atom. The van der Waals surface area contributed by atoms with Crippen molar-refractivity contribution in [1.29, 1.82) is 0 Å². The van der Waals surface area contributed by atoms with E-state index in [1.54, 1.807) is 0 Å². The summed E-state index contributed by atoms with van der Waals surface area (Å²) in [6.07, 6.45) is 3.08. The van der Waals surface area contributed by atoms with Crippen LogP contribution in [0.4, 0.5) is 5.82 Å². The number of anilines is 1. The van der Waals surface area contributed by atoms with Crippen molar-refractivity contribution in [3.05, 3.63) is 10.7 Å². The average Bonchev–Trinajstić information content (AvgIpc) is 2.31. The monoisotopic (exact) mass is 231 g/mol. The first kappa shape index (κ1) is 9.58. The van der Waals surface area contributed by atoms with Gasteiger partial charge in [-0.3, -0.25) is 4.68 Å². The van der Waals surface area contributed by atoms with Crippen LogP contribution in [0.2, 0.25) is 0 Å². The molecular weight excluding hydrogens is 218 g/mol. The van der Waals surface area contributed by atoms with E-state index in [-0.39, 0.29) is 0 Å². The van der Waals surface area contributed by atoms with Gasteiger partial charge in [0, 0.05) is 12.7 Å². The van der Waals surface area contributed by atoms with Crippen LogP contribution in [-0.4, -0.2) is 9.78 Å². The van der Waals surface area contributed by atoms with E-state index < -0.39 is 0 Å². The first-order chi connectivity index (χ1) is 5.63. The van der Waals surface area contributed by atoms with Gasteiger partial charge in [0.2, 0.25) is 0 Å². The highest BCUT2D eigenvalue weighted by Gasteiger charge is 2.04. The number of nitrogens with two attached hydrogens (primary N) is 1. The molecule has 0 aliphatic carbocycles. The van der Waals surface area contributed by atoms with Gasteiger partial charge in [0.15, 0.2) is 5.82 Å². The molecule has 0 saturated carbocycles. The number of nitrogen functional groups attached to an aromatic ring is 1. The summed E-state index contributed by atoms with van der Waals surface area (Å²) in [5, 5.41) is 4.15. The maximum atomic E-state index is 5.58. The number of hydrogen-bond donors (Lipinski definition) is 1. The molecule has 0 saturated heterocycles. The van der Waals surface area contributed by atoms with Gasteiger partial charge in [0.25, 0.3) is 0 Å². The van der Waals surface area contributed by atoms with Crippen molar-refractivity contribution in [2.24, 2.45) is 5.92 Å². The number of hydrogen-bond acceptors (Lipinski definition) is 2. The Kier molecular flexibility index (Phi) is 3.14. The van der Waals surface area contributed by atoms with Gasteiger partial charge in [0.1, 0.15) is 0 Å². The van der Waals surface area contributed by atoms with E-state index >= 15 is 0 Å². The molecule has 1 unspecified atom stereocenters. The second kappa shape index (κ2) is 3.94. The summed E-state index contributed by atoms with van der Waals surface area (Å²) >= 11 is 3.32. The Morgan fingerprint density at radius 2 is 2.42 bits per heavy atom. The van der Waals surface area contributed by atoms with Gasteiger partial charge in [-0.1, -0.05) is 20.3 Å². The molecule has 0 fully saturated rings. The largest absolute Gasteiger partial charge is 0.381 e. The molecule has 4 heteroatoms. The molecule has 0 amide bonds. The first-order valence-electron chi connectivity index (χ1n) is 4.12. The second-order valence-electron chi connectivity index (χ2n) is 3.10. The van der Waals surface area contributed by atoms with E-state index in [2.05, 4.69) is 34.9 Å². The van der Waals surface area contributed by atoms with Crippen molar-refractivity contribution in [3.63, 3.8) is 0 Å². The first-order valence-corrected chi connectivity index (χ1v) is 4.91. The average molecular weight is 232 g/mol. The van der Waals surface area contributed by atoms with E-state index in [0.29, 0.717) is 11.7 Å². The summed E-state index contributed by atoms with van der Waals surface area (Å²) in [5.74, 6) is 1.22. The highest BCUT2D eigenvalue weighted by Crippen LogP contribution is 2.17. The molecule has 1 heterocycles. The molecule has 2 N–H and O–H groups in total. The zero-order valence-corrected chi connectivity index (χ0v) is 9.00. The van der Waals surface area contributed by atoms with Crippen LogP contribution in [0.25, 0.3) is 0 Å². The van der Waals surface area contributed by atoms with Gasteiger partial charge in [0.05, 0.1) is 4.47 Å². The molecule has 0 aromatic carbocycles. The van der Waals surface area contributed by atoms with Gasteiger partial charge >= 0.3 is 0 Å². The summed E-state index contributed by atoms with van der Waals surface area (Å²) in [7, 11) is 0. The van der Waals surface area contributed by atoms with Crippen LogP contribution in [-0.2, 0) is 6.54 Å². The zero-order chi connectivity index (χ0) is 9.14. The summed E-state index contributed by atoms with van der Waals surface area (Å²) in [6.45, 7) is 5.31. The number of rotatable bonds is 3. The smallest absolute Gasteiger partial charge is 0.159 e.